The molecule has 0 aromatic rings. The smallest absolute Gasteiger partial charge is 0.326 e. The van der Waals surface area contributed by atoms with Crippen LogP contribution in [0.1, 0.15) is 85.0 Å². The molecule has 14 N–H and O–H groups in total. The molecule has 0 fully saturated rings. The van der Waals surface area contributed by atoms with Crippen LogP contribution in [-0.4, -0.2) is 124 Å². The van der Waals surface area contributed by atoms with E-state index in [0.717, 1.165) is 0 Å². The van der Waals surface area contributed by atoms with E-state index in [1.807, 2.05) is 20.1 Å². The van der Waals surface area contributed by atoms with Crippen molar-refractivity contribution in [3.8, 4) is 0 Å². The second-order valence-electron chi connectivity index (χ2n) is 12.8. The van der Waals surface area contributed by atoms with E-state index in [4.69, 9.17) is 22.3 Å². The van der Waals surface area contributed by atoms with Crippen molar-refractivity contribution >= 4 is 53.2 Å². The maximum absolute atomic E-state index is 13.7. The molecule has 7 atom stereocenters. The van der Waals surface area contributed by atoms with E-state index >= 15 is 0 Å². The number of thioether (sulfide) groups is 1. The molecule has 0 radical (unpaired) electrons. The Bertz CT molecular complexity index is 1130. The van der Waals surface area contributed by atoms with Crippen molar-refractivity contribution in [2.45, 2.75) is 127 Å². The Labute approximate surface area is 303 Å². The summed E-state index contributed by atoms with van der Waals surface area (Å²) in [6.07, 6.45) is 2.21. The Morgan fingerprint density at radius 2 is 1.10 bits per heavy atom. The molecule has 0 rings (SSSR count). The van der Waals surface area contributed by atoms with Crippen LogP contribution in [0.4, 0.5) is 0 Å². The minimum absolute atomic E-state index is 0.0628. The lowest BCUT2D eigenvalue weighted by atomic mass is 10.0. The van der Waals surface area contributed by atoms with Gasteiger partial charge in [-0.2, -0.15) is 11.8 Å². The number of unbranched alkanes of at least 4 members (excludes halogenated alkanes) is 2. The predicted molar refractivity (Wildman–Crippen MR) is 192 cm³/mol. The van der Waals surface area contributed by atoms with Gasteiger partial charge in [0.05, 0.1) is 12.1 Å². The molecule has 19 heteroatoms. The summed E-state index contributed by atoms with van der Waals surface area (Å²) < 4.78 is 0. The van der Waals surface area contributed by atoms with Crippen LogP contribution in [0, 0.1) is 5.92 Å². The van der Waals surface area contributed by atoms with E-state index in [0.29, 0.717) is 44.4 Å². The normalized spacial score (nSPS) is 15.3. The maximum atomic E-state index is 13.7. The molecule has 0 bridgehead atoms. The summed E-state index contributed by atoms with van der Waals surface area (Å²) >= 11 is 1.53. The molecule has 0 saturated carbocycles. The van der Waals surface area contributed by atoms with Gasteiger partial charge in [-0.3, -0.25) is 28.8 Å². The van der Waals surface area contributed by atoms with Crippen molar-refractivity contribution in [1.82, 2.24) is 26.6 Å². The molecule has 18 nitrogen and oxygen atoms in total. The number of aliphatic hydroxyl groups is 1. The number of aliphatic carboxylic acids is 2. The number of hydrogen-bond donors (Lipinski definition) is 11. The molecule has 5 amide bonds. The topological polar surface area (TPSA) is 318 Å². The fourth-order valence-electron chi connectivity index (χ4n) is 4.87. The number of nitrogens with one attached hydrogen (secondary N) is 5. The van der Waals surface area contributed by atoms with Crippen molar-refractivity contribution in [1.29, 1.82) is 0 Å². The lowest BCUT2D eigenvalue weighted by Crippen LogP contribution is -2.61. The minimum Gasteiger partial charge on any atom is -0.481 e. The van der Waals surface area contributed by atoms with Gasteiger partial charge in [-0.1, -0.05) is 13.8 Å². The first kappa shape index (κ1) is 47.5. The molecule has 0 saturated heterocycles. The Morgan fingerprint density at radius 3 is 1.55 bits per heavy atom. The molecule has 0 spiro atoms. The summed E-state index contributed by atoms with van der Waals surface area (Å²) in [5, 5.41) is 41.2. The quantitative estimate of drug-likeness (QED) is 0.0391. The van der Waals surface area contributed by atoms with Crippen LogP contribution in [0.5, 0.6) is 0 Å². The Morgan fingerprint density at radius 1 is 0.627 bits per heavy atom. The highest BCUT2D eigenvalue weighted by molar-refractivity contribution is 7.98. The summed E-state index contributed by atoms with van der Waals surface area (Å²) in [5.74, 6) is -6.04. The first-order valence-corrected chi connectivity index (χ1v) is 18.7. The molecule has 0 heterocycles. The highest BCUT2D eigenvalue weighted by Gasteiger charge is 2.34. The van der Waals surface area contributed by atoms with Gasteiger partial charge in [0.2, 0.25) is 29.5 Å². The lowest BCUT2D eigenvalue weighted by molar-refractivity contribution is -0.144. The van der Waals surface area contributed by atoms with Crippen molar-refractivity contribution < 1.29 is 48.9 Å². The van der Waals surface area contributed by atoms with E-state index in [9.17, 15) is 43.8 Å². The number of nitrogens with two attached hydrogens (primary N) is 3. The van der Waals surface area contributed by atoms with Crippen LogP contribution in [0.25, 0.3) is 0 Å². The molecular weight excluding hydrogens is 688 g/mol. The third kappa shape index (κ3) is 20.2. The van der Waals surface area contributed by atoms with Gasteiger partial charge in [0.15, 0.2) is 0 Å². The summed E-state index contributed by atoms with van der Waals surface area (Å²) in [7, 11) is 0. The van der Waals surface area contributed by atoms with Crippen molar-refractivity contribution in [3.05, 3.63) is 0 Å². The number of amides is 5. The molecular formula is C32H60N8O10S. The molecule has 294 valence electrons. The van der Waals surface area contributed by atoms with E-state index in [1.165, 1.54) is 18.7 Å². The fourth-order valence-corrected chi connectivity index (χ4v) is 5.36. The number of aliphatic hydroxyl groups excluding tert-OH is 1. The fraction of sp³-hybridized carbons (Fsp3) is 0.781. The summed E-state index contributed by atoms with van der Waals surface area (Å²) in [4.78, 5) is 89.0. The van der Waals surface area contributed by atoms with Gasteiger partial charge in [0, 0.05) is 6.42 Å². The maximum Gasteiger partial charge on any atom is 0.326 e. The average Bonchev–Trinajstić information content (AvgIpc) is 3.05. The average molecular weight is 749 g/mol. The highest BCUT2D eigenvalue weighted by atomic mass is 32.2. The lowest BCUT2D eigenvalue weighted by Gasteiger charge is -2.28. The molecule has 0 aliphatic rings. The number of carboxylic acid groups (broad SMARTS) is 2. The standard InChI is InChI=1S/C32H60N8O10S/c1-18(2)17-24(39-28(45)21(9-5-7-14-33)36-27(44)20(35)13-16-51-4)30(47)37-22(10-6-8-15-34)29(46)40-26(19(3)41)31(48)38-23(32(49)50)11-12-25(42)43/h18-24,26,41H,5-17,33-35H2,1-4H3,(H,36,44)(H,37,47)(H,38,48)(H,39,45)(H,40,46)(H,42,43)(H,49,50)/t19-,20+,21+,22+,23+,24+,26+/m1/s1. The van der Waals surface area contributed by atoms with Crippen LogP contribution < -0.4 is 43.8 Å². The van der Waals surface area contributed by atoms with Crippen LogP contribution in [0.3, 0.4) is 0 Å². The summed E-state index contributed by atoms with van der Waals surface area (Å²) in [6, 6.07) is -7.51. The van der Waals surface area contributed by atoms with Gasteiger partial charge < -0.3 is 59.1 Å². The predicted octanol–water partition coefficient (Wildman–Crippen LogP) is -1.87. The third-order valence-corrected chi connectivity index (χ3v) is 8.44. The second kappa shape index (κ2) is 26.3. The number of carbonyl (C=O) groups excluding carboxylic acids is 5. The Hall–Kier alpha value is -3.52. The van der Waals surface area contributed by atoms with E-state index in [2.05, 4.69) is 26.6 Å². The van der Waals surface area contributed by atoms with Crippen molar-refractivity contribution in [2.75, 3.05) is 25.1 Å². The first-order valence-electron chi connectivity index (χ1n) is 17.3. The third-order valence-electron chi connectivity index (χ3n) is 7.79. The van der Waals surface area contributed by atoms with Crippen molar-refractivity contribution in [2.24, 2.45) is 23.1 Å². The van der Waals surface area contributed by atoms with Gasteiger partial charge in [-0.15, -0.1) is 0 Å². The minimum atomic E-state index is -1.66. The van der Waals surface area contributed by atoms with Crippen LogP contribution in [-0.2, 0) is 33.6 Å². The van der Waals surface area contributed by atoms with Crippen LogP contribution >= 0.6 is 11.8 Å². The zero-order valence-electron chi connectivity index (χ0n) is 30.2. The molecule has 51 heavy (non-hydrogen) atoms. The molecule has 0 aromatic carbocycles. The van der Waals surface area contributed by atoms with E-state index in [-0.39, 0.29) is 31.7 Å². The van der Waals surface area contributed by atoms with E-state index < -0.39 is 96.7 Å². The Kier molecular flexibility index (Phi) is 24.5. The van der Waals surface area contributed by atoms with Gasteiger partial charge >= 0.3 is 11.9 Å². The van der Waals surface area contributed by atoms with Crippen LogP contribution in [0.15, 0.2) is 0 Å². The van der Waals surface area contributed by atoms with Gasteiger partial charge in [-0.25, -0.2) is 4.79 Å². The number of carbonyl (C=O) groups is 7. The Balaban J connectivity index is 6.11. The van der Waals surface area contributed by atoms with Gasteiger partial charge in [0.1, 0.15) is 30.2 Å². The molecule has 0 aliphatic heterocycles. The molecule has 0 aromatic heterocycles. The first-order chi connectivity index (χ1) is 24.0. The second-order valence-corrected chi connectivity index (χ2v) is 13.8. The SMILES string of the molecule is CSCC[C@H](N)C(=O)N[C@@H](CCCCN)C(=O)N[C@@H](CC(C)C)C(=O)N[C@@H](CCCCN)C(=O)N[C@H](C(=O)N[C@@H](CCC(=O)O)C(=O)O)[C@@H](C)O. The monoisotopic (exact) mass is 748 g/mol. The number of carboxylic acids is 2. The van der Waals surface area contributed by atoms with Crippen LogP contribution in [0.2, 0.25) is 0 Å². The van der Waals surface area contributed by atoms with Gasteiger partial charge in [0.25, 0.3) is 0 Å². The molecule has 0 aliphatic carbocycles. The zero-order valence-corrected chi connectivity index (χ0v) is 31.0. The molecule has 0 unspecified atom stereocenters. The number of rotatable bonds is 28. The largest absolute Gasteiger partial charge is 0.481 e. The summed E-state index contributed by atoms with van der Waals surface area (Å²) in [5.41, 5.74) is 17.3. The van der Waals surface area contributed by atoms with Gasteiger partial charge in [-0.05, 0) is 95.7 Å². The zero-order chi connectivity index (χ0) is 39.1. The highest BCUT2D eigenvalue weighted by Crippen LogP contribution is 2.11. The van der Waals surface area contributed by atoms with E-state index in [1.54, 1.807) is 0 Å². The summed E-state index contributed by atoms with van der Waals surface area (Å²) in [6.45, 7) is 5.51. The van der Waals surface area contributed by atoms with Crippen molar-refractivity contribution in [3.63, 3.8) is 0 Å². The number of hydrogen-bond acceptors (Lipinski definition) is 12.